The van der Waals surface area contributed by atoms with Crippen LogP contribution in [0.4, 0.5) is 11.4 Å². The summed E-state index contributed by atoms with van der Waals surface area (Å²) < 4.78 is 5.55. The van der Waals surface area contributed by atoms with Crippen LogP contribution < -0.4 is 20.3 Å². The quantitative estimate of drug-likeness (QED) is 0.350. The van der Waals surface area contributed by atoms with Gasteiger partial charge in [0.1, 0.15) is 5.75 Å². The summed E-state index contributed by atoms with van der Waals surface area (Å²) in [7, 11) is 0. The average molecular weight is 554 g/mol. The molecule has 0 saturated carbocycles. The summed E-state index contributed by atoms with van der Waals surface area (Å²) in [6.45, 7) is 4.81. The zero-order valence-corrected chi connectivity index (χ0v) is 22.7. The first-order chi connectivity index (χ1) is 18.2. The number of rotatable bonds is 9. The number of amides is 3. The molecular formula is C29H29Cl2N3O4. The Bertz CT molecular complexity index is 1310. The maximum Gasteiger partial charge on any atom is 0.262 e. The molecule has 0 bridgehead atoms. The van der Waals surface area contributed by atoms with E-state index in [-0.39, 0.29) is 30.7 Å². The summed E-state index contributed by atoms with van der Waals surface area (Å²) >= 11 is 11.9. The van der Waals surface area contributed by atoms with Crippen LogP contribution in [0.25, 0.3) is 0 Å². The molecule has 0 aromatic heterocycles. The number of nitrogens with one attached hydrogen (secondary N) is 2. The third-order valence-electron chi connectivity index (χ3n) is 6.33. The Hall–Kier alpha value is -3.55. The first-order valence-electron chi connectivity index (χ1n) is 12.3. The van der Waals surface area contributed by atoms with Crippen molar-refractivity contribution < 1.29 is 19.1 Å². The van der Waals surface area contributed by atoms with Crippen LogP contribution in [0.15, 0.2) is 66.7 Å². The lowest BCUT2D eigenvalue weighted by atomic mass is 10.0. The van der Waals surface area contributed by atoms with Crippen molar-refractivity contribution in [3.8, 4) is 5.75 Å². The lowest BCUT2D eigenvalue weighted by molar-refractivity contribution is -0.126. The fraction of sp³-hybridized carbons (Fsp3) is 0.276. The molecule has 2 N–H and O–H groups in total. The summed E-state index contributed by atoms with van der Waals surface area (Å²) in [5.41, 5.74) is 3.45. The number of anilines is 2. The Balaban J connectivity index is 1.25. The number of hydrogen-bond donors (Lipinski definition) is 2. The van der Waals surface area contributed by atoms with Gasteiger partial charge in [0.2, 0.25) is 11.8 Å². The molecule has 1 heterocycles. The molecule has 0 aliphatic carbocycles. The van der Waals surface area contributed by atoms with Crippen molar-refractivity contribution in [3.63, 3.8) is 0 Å². The van der Waals surface area contributed by atoms with Crippen LogP contribution in [0.3, 0.4) is 0 Å². The summed E-state index contributed by atoms with van der Waals surface area (Å²) in [6.07, 6.45) is 0.158. The molecule has 9 heteroatoms. The van der Waals surface area contributed by atoms with Gasteiger partial charge in [0, 0.05) is 30.9 Å². The number of halogens is 2. The molecular weight excluding hydrogens is 525 g/mol. The maximum absolute atomic E-state index is 12.7. The van der Waals surface area contributed by atoms with E-state index in [0.717, 1.165) is 5.56 Å². The molecule has 1 fully saturated rings. The highest BCUT2D eigenvalue weighted by Gasteiger charge is 2.35. The van der Waals surface area contributed by atoms with Crippen LogP contribution in [0.2, 0.25) is 10.0 Å². The van der Waals surface area contributed by atoms with Crippen molar-refractivity contribution in [2.45, 2.75) is 32.7 Å². The van der Waals surface area contributed by atoms with Crippen LogP contribution in [0.1, 0.15) is 37.3 Å². The van der Waals surface area contributed by atoms with Crippen molar-refractivity contribution in [1.29, 1.82) is 0 Å². The Labute approximate surface area is 232 Å². The fourth-order valence-electron chi connectivity index (χ4n) is 4.13. The van der Waals surface area contributed by atoms with Gasteiger partial charge >= 0.3 is 0 Å². The highest BCUT2D eigenvalue weighted by Crippen LogP contribution is 2.28. The smallest absolute Gasteiger partial charge is 0.262 e. The van der Waals surface area contributed by atoms with E-state index in [1.54, 1.807) is 47.4 Å². The van der Waals surface area contributed by atoms with Gasteiger partial charge in [-0.2, -0.15) is 0 Å². The van der Waals surface area contributed by atoms with E-state index < -0.39 is 5.92 Å². The van der Waals surface area contributed by atoms with Gasteiger partial charge in [-0.25, -0.2) is 0 Å². The van der Waals surface area contributed by atoms with E-state index in [2.05, 4.69) is 36.6 Å². The lowest BCUT2D eigenvalue weighted by Crippen LogP contribution is -2.32. The second-order valence-corrected chi connectivity index (χ2v) is 10.3. The van der Waals surface area contributed by atoms with Gasteiger partial charge in [-0.1, -0.05) is 61.3 Å². The van der Waals surface area contributed by atoms with Crippen LogP contribution in [-0.2, 0) is 20.9 Å². The highest BCUT2D eigenvalue weighted by atomic mass is 35.5. The van der Waals surface area contributed by atoms with Crippen molar-refractivity contribution in [2.24, 2.45) is 5.92 Å². The monoisotopic (exact) mass is 553 g/mol. The molecule has 3 amide bonds. The molecule has 7 nitrogen and oxygen atoms in total. The second-order valence-electron chi connectivity index (χ2n) is 9.48. The third kappa shape index (κ3) is 7.05. The van der Waals surface area contributed by atoms with E-state index in [1.165, 1.54) is 5.56 Å². The number of carbonyl (C=O) groups is 3. The average Bonchev–Trinajstić information content (AvgIpc) is 3.30. The molecule has 0 radical (unpaired) electrons. The molecule has 198 valence electrons. The summed E-state index contributed by atoms with van der Waals surface area (Å²) in [6, 6.07) is 19.8. The first-order valence-corrected chi connectivity index (χ1v) is 13.1. The summed E-state index contributed by atoms with van der Waals surface area (Å²) in [4.78, 5) is 39.1. The predicted octanol–water partition coefficient (Wildman–Crippen LogP) is 5.80. The molecule has 3 aromatic carbocycles. The normalized spacial score (nSPS) is 15.0. The molecule has 1 saturated heterocycles. The molecule has 0 unspecified atom stereocenters. The Morgan fingerprint density at radius 1 is 1.00 bits per heavy atom. The zero-order chi connectivity index (χ0) is 27.2. The minimum atomic E-state index is -0.418. The van der Waals surface area contributed by atoms with Crippen molar-refractivity contribution in [2.75, 3.05) is 23.4 Å². The topological polar surface area (TPSA) is 87.7 Å². The second kappa shape index (κ2) is 12.3. The largest absolute Gasteiger partial charge is 0.484 e. The van der Waals surface area contributed by atoms with E-state index in [1.807, 2.05) is 12.1 Å². The minimum Gasteiger partial charge on any atom is -0.484 e. The summed E-state index contributed by atoms with van der Waals surface area (Å²) in [5, 5.41) is 6.38. The molecule has 1 aliphatic heterocycles. The van der Waals surface area contributed by atoms with Crippen molar-refractivity contribution in [1.82, 2.24) is 5.32 Å². The maximum atomic E-state index is 12.7. The van der Waals surface area contributed by atoms with Gasteiger partial charge in [0.15, 0.2) is 6.61 Å². The molecule has 1 aliphatic rings. The lowest BCUT2D eigenvalue weighted by Gasteiger charge is -2.17. The molecule has 38 heavy (non-hydrogen) atoms. The van der Waals surface area contributed by atoms with E-state index >= 15 is 0 Å². The fourth-order valence-corrected chi connectivity index (χ4v) is 4.43. The Morgan fingerprint density at radius 3 is 2.37 bits per heavy atom. The molecule has 3 aromatic rings. The SMILES string of the molecule is CC(C)c1ccc(CNC(=O)[C@@H]2CC(=O)N(c3ccc(OCC(=O)Nc4ccc(Cl)c(Cl)c4)cc3)C2)cc1. The van der Waals surface area contributed by atoms with Crippen LogP contribution in [0, 0.1) is 5.92 Å². The minimum absolute atomic E-state index is 0.110. The number of ether oxygens (including phenoxy) is 1. The third-order valence-corrected chi connectivity index (χ3v) is 7.07. The van der Waals surface area contributed by atoms with Gasteiger partial charge in [-0.15, -0.1) is 0 Å². The molecule has 1 atom stereocenters. The van der Waals surface area contributed by atoms with Gasteiger partial charge in [-0.05, 0) is 59.5 Å². The van der Waals surface area contributed by atoms with Crippen molar-refractivity contribution in [3.05, 3.63) is 87.9 Å². The van der Waals surface area contributed by atoms with E-state index in [0.29, 0.717) is 46.2 Å². The number of carbonyl (C=O) groups excluding carboxylic acids is 3. The highest BCUT2D eigenvalue weighted by molar-refractivity contribution is 6.42. The predicted molar refractivity (Wildman–Crippen MR) is 150 cm³/mol. The summed E-state index contributed by atoms with van der Waals surface area (Å²) in [5.74, 6) is -0.0925. The van der Waals surface area contributed by atoms with Crippen LogP contribution >= 0.6 is 23.2 Å². The van der Waals surface area contributed by atoms with Crippen LogP contribution in [0.5, 0.6) is 5.75 Å². The van der Waals surface area contributed by atoms with Gasteiger partial charge in [0.05, 0.1) is 16.0 Å². The number of benzene rings is 3. The Morgan fingerprint density at radius 2 is 1.71 bits per heavy atom. The number of hydrogen-bond acceptors (Lipinski definition) is 4. The molecule has 4 rings (SSSR count). The Kier molecular flexibility index (Phi) is 8.92. The van der Waals surface area contributed by atoms with Crippen LogP contribution in [-0.4, -0.2) is 30.9 Å². The van der Waals surface area contributed by atoms with Gasteiger partial charge in [-0.3, -0.25) is 14.4 Å². The van der Waals surface area contributed by atoms with Crippen molar-refractivity contribution >= 4 is 52.3 Å². The van der Waals surface area contributed by atoms with E-state index in [9.17, 15) is 14.4 Å². The zero-order valence-electron chi connectivity index (χ0n) is 21.2. The molecule has 0 spiro atoms. The van der Waals surface area contributed by atoms with Gasteiger partial charge in [0.25, 0.3) is 5.91 Å². The standard InChI is InChI=1S/C29H29Cl2N3O4/c1-18(2)20-5-3-19(4-6-20)15-32-29(37)21-13-28(36)34(16-21)23-8-10-24(11-9-23)38-17-27(35)33-22-7-12-25(30)26(31)14-22/h3-12,14,18,21H,13,15-17H2,1-2H3,(H,32,37)(H,33,35)/t21-/m1/s1. The van der Waals surface area contributed by atoms with E-state index in [4.69, 9.17) is 27.9 Å². The number of nitrogens with zero attached hydrogens (tertiary/aromatic N) is 1. The van der Waals surface area contributed by atoms with Gasteiger partial charge < -0.3 is 20.3 Å². The first kappa shape index (κ1) is 27.5.